The Bertz CT molecular complexity index is 539. The fraction of sp³-hybridized carbons (Fsp3) is 0.417. The Morgan fingerprint density at radius 3 is 3.00 bits per heavy atom. The number of morpholine rings is 1. The van der Waals surface area contributed by atoms with Crippen LogP contribution < -0.4 is 5.43 Å². The molecule has 0 aliphatic carbocycles. The number of aromatic nitrogens is 1. The van der Waals surface area contributed by atoms with Gasteiger partial charge in [0, 0.05) is 31.5 Å². The molecule has 2 rings (SSSR count). The van der Waals surface area contributed by atoms with Gasteiger partial charge >= 0.3 is 5.97 Å². The third-order valence-corrected chi connectivity index (χ3v) is 2.88. The second-order valence-electron chi connectivity index (χ2n) is 4.26. The highest BCUT2D eigenvalue weighted by atomic mass is 16.5. The molecule has 0 aromatic carbocycles. The normalized spacial score (nSPS) is 19.2. The number of hydrogen-bond acceptors (Lipinski definition) is 4. The highest BCUT2D eigenvalue weighted by Gasteiger charge is 2.27. The lowest BCUT2D eigenvalue weighted by atomic mass is 10.1. The van der Waals surface area contributed by atoms with Crippen molar-refractivity contribution < 1.29 is 19.4 Å². The first kappa shape index (κ1) is 13.3. The molecule has 102 valence electrons. The van der Waals surface area contributed by atoms with E-state index in [0.29, 0.717) is 6.54 Å². The maximum atomic E-state index is 12.2. The van der Waals surface area contributed by atoms with Gasteiger partial charge in [0.15, 0.2) is 5.43 Å². The lowest BCUT2D eigenvalue weighted by Crippen LogP contribution is -2.47. The molecule has 1 aromatic heterocycles. The van der Waals surface area contributed by atoms with Crippen LogP contribution in [0.15, 0.2) is 23.3 Å². The molecule has 2 N–H and O–H groups in total. The summed E-state index contributed by atoms with van der Waals surface area (Å²) in [4.78, 5) is 38.5. The second kappa shape index (κ2) is 5.66. The minimum absolute atomic E-state index is 0.0541. The van der Waals surface area contributed by atoms with Crippen LogP contribution in [0, 0.1) is 0 Å². The Hall–Kier alpha value is -2.15. The quantitative estimate of drug-likeness (QED) is 0.781. The van der Waals surface area contributed by atoms with Crippen molar-refractivity contribution in [3.8, 4) is 0 Å². The summed E-state index contributed by atoms with van der Waals surface area (Å²) in [5.41, 5.74) is -0.302. The summed E-state index contributed by atoms with van der Waals surface area (Å²) < 4.78 is 5.27. The molecule has 1 saturated heterocycles. The van der Waals surface area contributed by atoms with Crippen LogP contribution in [0.4, 0.5) is 0 Å². The number of nitrogens with zero attached hydrogens (tertiary/aromatic N) is 1. The van der Waals surface area contributed by atoms with Crippen LogP contribution >= 0.6 is 0 Å². The van der Waals surface area contributed by atoms with Gasteiger partial charge in [-0.1, -0.05) is 0 Å². The number of hydrogen-bond donors (Lipinski definition) is 2. The highest BCUT2D eigenvalue weighted by molar-refractivity contribution is 5.93. The molecule has 0 bridgehead atoms. The fourth-order valence-electron chi connectivity index (χ4n) is 1.98. The van der Waals surface area contributed by atoms with Gasteiger partial charge in [0.05, 0.1) is 19.1 Å². The number of carboxylic acid groups (broad SMARTS) is 1. The Morgan fingerprint density at radius 2 is 2.32 bits per heavy atom. The zero-order valence-electron chi connectivity index (χ0n) is 10.2. The summed E-state index contributed by atoms with van der Waals surface area (Å²) in [5.74, 6) is -1.38. The molecule has 0 saturated carbocycles. The van der Waals surface area contributed by atoms with Crippen LogP contribution in [0.3, 0.4) is 0 Å². The van der Waals surface area contributed by atoms with Crippen LogP contribution in [0.2, 0.25) is 0 Å². The number of aliphatic carboxylic acids is 1. The van der Waals surface area contributed by atoms with Crippen LogP contribution in [0.5, 0.6) is 0 Å². The van der Waals surface area contributed by atoms with Gasteiger partial charge in [-0.2, -0.15) is 0 Å². The molecule has 1 fully saturated rings. The topological polar surface area (TPSA) is 99.7 Å². The number of ether oxygens (including phenoxy) is 1. The average Bonchev–Trinajstić information content (AvgIpc) is 2.38. The van der Waals surface area contributed by atoms with Crippen LogP contribution in [-0.4, -0.2) is 52.7 Å². The van der Waals surface area contributed by atoms with Gasteiger partial charge in [0.25, 0.3) is 5.91 Å². The van der Waals surface area contributed by atoms with Crippen molar-refractivity contribution in [1.82, 2.24) is 9.88 Å². The van der Waals surface area contributed by atoms with Crippen molar-refractivity contribution >= 4 is 11.9 Å². The van der Waals surface area contributed by atoms with Crippen molar-refractivity contribution in [2.45, 2.75) is 12.5 Å². The van der Waals surface area contributed by atoms with Gasteiger partial charge in [0.2, 0.25) is 0 Å². The van der Waals surface area contributed by atoms with E-state index in [1.807, 2.05) is 0 Å². The van der Waals surface area contributed by atoms with Gasteiger partial charge in [-0.3, -0.25) is 14.4 Å². The summed E-state index contributed by atoms with van der Waals surface area (Å²) in [5, 5.41) is 8.71. The third kappa shape index (κ3) is 3.19. The Balaban J connectivity index is 2.09. The number of carbonyl (C=O) groups excluding carboxylic acids is 1. The highest BCUT2D eigenvalue weighted by Crippen LogP contribution is 2.11. The van der Waals surface area contributed by atoms with E-state index in [-0.39, 0.29) is 30.6 Å². The van der Waals surface area contributed by atoms with Gasteiger partial charge in [0.1, 0.15) is 5.56 Å². The average molecular weight is 266 g/mol. The second-order valence-corrected chi connectivity index (χ2v) is 4.26. The van der Waals surface area contributed by atoms with Crippen LogP contribution in [0.1, 0.15) is 16.8 Å². The van der Waals surface area contributed by atoms with Gasteiger partial charge < -0.3 is 19.7 Å². The van der Waals surface area contributed by atoms with Crippen molar-refractivity contribution in [3.63, 3.8) is 0 Å². The maximum absolute atomic E-state index is 12.2. The number of nitrogens with one attached hydrogen (secondary N) is 1. The number of carboxylic acids is 1. The molecule has 1 amide bonds. The van der Waals surface area contributed by atoms with Crippen molar-refractivity contribution in [2.24, 2.45) is 0 Å². The zero-order chi connectivity index (χ0) is 13.8. The van der Waals surface area contributed by atoms with Crippen molar-refractivity contribution in [2.75, 3.05) is 19.7 Å². The number of rotatable bonds is 3. The number of amides is 1. The first-order valence-corrected chi connectivity index (χ1v) is 5.87. The van der Waals surface area contributed by atoms with Crippen molar-refractivity contribution in [3.05, 3.63) is 34.2 Å². The summed E-state index contributed by atoms with van der Waals surface area (Å²) in [6, 6.07) is 1.28. The fourth-order valence-corrected chi connectivity index (χ4v) is 1.98. The molecular weight excluding hydrogens is 252 g/mol. The molecule has 0 radical (unpaired) electrons. The lowest BCUT2D eigenvalue weighted by molar-refractivity contribution is -0.141. The maximum Gasteiger partial charge on any atom is 0.306 e. The molecule has 0 spiro atoms. The first-order chi connectivity index (χ1) is 9.08. The molecule has 7 heteroatoms. The largest absolute Gasteiger partial charge is 0.481 e. The molecule has 1 atom stereocenters. The Morgan fingerprint density at radius 1 is 1.53 bits per heavy atom. The molecule has 1 aliphatic rings. The minimum atomic E-state index is -0.975. The van der Waals surface area contributed by atoms with E-state index in [0.717, 1.165) is 0 Å². The van der Waals surface area contributed by atoms with E-state index in [2.05, 4.69) is 4.98 Å². The first-order valence-electron chi connectivity index (χ1n) is 5.87. The van der Waals surface area contributed by atoms with E-state index in [9.17, 15) is 14.4 Å². The van der Waals surface area contributed by atoms with Crippen molar-refractivity contribution in [1.29, 1.82) is 0 Å². The summed E-state index contributed by atoms with van der Waals surface area (Å²) in [6.07, 6.45) is 2.12. The lowest BCUT2D eigenvalue weighted by Gasteiger charge is -2.32. The minimum Gasteiger partial charge on any atom is -0.481 e. The number of aromatic amines is 1. The summed E-state index contributed by atoms with van der Waals surface area (Å²) in [6.45, 7) is 0.803. The predicted molar refractivity (Wildman–Crippen MR) is 65.0 cm³/mol. The standard InChI is InChI=1S/C12H14N2O5/c15-10-1-2-13-6-9(10)12(18)14-3-4-19-8(7-14)5-11(16)17/h1-2,6,8H,3-5,7H2,(H,13,15)(H,16,17). The number of pyridine rings is 1. The molecule has 1 aliphatic heterocycles. The monoisotopic (exact) mass is 266 g/mol. The van der Waals surface area contributed by atoms with Gasteiger partial charge in [-0.25, -0.2) is 0 Å². The van der Waals surface area contributed by atoms with Gasteiger partial charge in [-0.05, 0) is 0 Å². The Kier molecular flexibility index (Phi) is 3.96. The van der Waals surface area contributed by atoms with E-state index in [4.69, 9.17) is 9.84 Å². The molecule has 19 heavy (non-hydrogen) atoms. The third-order valence-electron chi connectivity index (χ3n) is 2.88. The molecule has 1 aromatic rings. The van der Waals surface area contributed by atoms with E-state index >= 15 is 0 Å². The zero-order valence-corrected chi connectivity index (χ0v) is 10.2. The smallest absolute Gasteiger partial charge is 0.306 e. The molecule has 7 nitrogen and oxygen atoms in total. The van der Waals surface area contributed by atoms with Gasteiger partial charge in [-0.15, -0.1) is 0 Å². The summed E-state index contributed by atoms with van der Waals surface area (Å²) >= 11 is 0. The Labute approximate surface area is 108 Å². The summed E-state index contributed by atoms with van der Waals surface area (Å²) in [7, 11) is 0. The molecule has 1 unspecified atom stereocenters. The molecule has 2 heterocycles. The molecular formula is C12H14N2O5. The number of H-pyrrole nitrogens is 1. The predicted octanol–water partition coefficient (Wildman–Crippen LogP) is -0.309. The number of carbonyl (C=O) groups is 2. The van der Waals surface area contributed by atoms with E-state index in [1.54, 1.807) is 0 Å². The van der Waals surface area contributed by atoms with Crippen LogP contribution in [0.25, 0.3) is 0 Å². The van der Waals surface area contributed by atoms with E-state index < -0.39 is 18.0 Å². The van der Waals surface area contributed by atoms with E-state index in [1.165, 1.54) is 23.4 Å². The SMILES string of the molecule is O=C(O)CC1CN(C(=O)c2c[nH]ccc2=O)CCO1. The van der Waals surface area contributed by atoms with Crippen LogP contribution in [-0.2, 0) is 9.53 Å².